The van der Waals surface area contributed by atoms with Gasteiger partial charge in [0.2, 0.25) is 0 Å². The lowest BCUT2D eigenvalue weighted by Gasteiger charge is -2.14. The van der Waals surface area contributed by atoms with Crippen molar-refractivity contribution in [3.8, 4) is 11.5 Å². The van der Waals surface area contributed by atoms with Crippen molar-refractivity contribution in [1.29, 1.82) is 0 Å². The molecule has 1 aliphatic rings. The van der Waals surface area contributed by atoms with E-state index in [0.29, 0.717) is 43.1 Å². The molecule has 1 aliphatic heterocycles. The molecule has 1 saturated heterocycles. The Morgan fingerprint density at radius 2 is 1.91 bits per heavy atom. The molecule has 0 spiro atoms. The van der Waals surface area contributed by atoms with Crippen LogP contribution < -0.4 is 14.4 Å². The van der Waals surface area contributed by atoms with E-state index < -0.39 is 4.92 Å². The van der Waals surface area contributed by atoms with Gasteiger partial charge in [0.05, 0.1) is 27.1 Å². The predicted octanol–water partition coefficient (Wildman–Crippen LogP) is 6.35. The molecule has 0 saturated carbocycles. The number of non-ortho nitro benzene ring substituents is 1. The van der Waals surface area contributed by atoms with E-state index in [1.54, 1.807) is 25.3 Å². The first-order valence-electron chi connectivity index (χ1n) is 9.94. The summed E-state index contributed by atoms with van der Waals surface area (Å²) in [6.07, 6.45) is 1.70. The number of rotatable bonds is 7. The number of anilines is 1. The average Bonchev–Trinajstić information content (AvgIpc) is 3.11. The number of benzene rings is 3. The van der Waals surface area contributed by atoms with Crippen molar-refractivity contribution in [2.24, 2.45) is 0 Å². The van der Waals surface area contributed by atoms with Crippen LogP contribution >= 0.6 is 39.9 Å². The topological polar surface area (TPSA) is 81.9 Å². The number of hydrogen-bond acceptors (Lipinski definition) is 7. The van der Waals surface area contributed by atoms with Crippen molar-refractivity contribution < 1.29 is 19.2 Å². The van der Waals surface area contributed by atoms with Crippen molar-refractivity contribution in [3.63, 3.8) is 0 Å². The van der Waals surface area contributed by atoms with Crippen LogP contribution in [0, 0.1) is 10.1 Å². The average molecular weight is 557 g/mol. The minimum atomic E-state index is -0.512. The zero-order valence-electron chi connectivity index (χ0n) is 17.8. The Balaban J connectivity index is 1.59. The van der Waals surface area contributed by atoms with Crippen molar-refractivity contribution in [1.82, 2.24) is 0 Å². The number of thiocarbonyl (C=S) groups is 1. The summed E-state index contributed by atoms with van der Waals surface area (Å²) in [6.45, 7) is 0.372. The number of methoxy groups -OCH3 is 1. The lowest BCUT2D eigenvalue weighted by Crippen LogP contribution is -2.27. The van der Waals surface area contributed by atoms with Crippen molar-refractivity contribution in [2.45, 2.75) is 6.61 Å². The van der Waals surface area contributed by atoms with Crippen LogP contribution in [-0.2, 0) is 11.4 Å². The maximum atomic E-state index is 13.1. The number of hydrogen-bond donors (Lipinski definition) is 0. The van der Waals surface area contributed by atoms with E-state index >= 15 is 0 Å². The van der Waals surface area contributed by atoms with Gasteiger partial charge in [0.25, 0.3) is 11.6 Å². The molecular weight excluding hydrogens is 540 g/mol. The molecule has 1 fully saturated rings. The van der Waals surface area contributed by atoms with Crippen LogP contribution in [-0.4, -0.2) is 22.3 Å². The van der Waals surface area contributed by atoms with E-state index in [4.69, 9.17) is 21.7 Å². The number of thioether (sulfide) groups is 1. The molecule has 1 heterocycles. The fourth-order valence-corrected chi connectivity index (χ4v) is 5.15. The summed E-state index contributed by atoms with van der Waals surface area (Å²) in [5, 5.41) is 11.1. The van der Waals surface area contributed by atoms with Crippen LogP contribution in [0.25, 0.3) is 6.08 Å². The molecule has 0 aliphatic carbocycles. The number of halogens is 1. The Kier molecular flexibility index (Phi) is 7.30. The van der Waals surface area contributed by atoms with Gasteiger partial charge in [-0.3, -0.25) is 19.8 Å². The molecule has 0 bridgehead atoms. The van der Waals surface area contributed by atoms with Gasteiger partial charge < -0.3 is 9.47 Å². The third kappa shape index (κ3) is 5.14. The van der Waals surface area contributed by atoms with Crippen molar-refractivity contribution in [3.05, 3.63) is 97.3 Å². The van der Waals surface area contributed by atoms with Crippen LogP contribution in [0.1, 0.15) is 11.1 Å². The summed E-state index contributed by atoms with van der Waals surface area (Å²) >= 11 is 10.0. The Morgan fingerprint density at radius 3 is 2.62 bits per heavy atom. The second-order valence-corrected chi connectivity index (χ2v) is 9.63. The van der Waals surface area contributed by atoms with Gasteiger partial charge in [-0.2, -0.15) is 0 Å². The Morgan fingerprint density at radius 1 is 1.15 bits per heavy atom. The Labute approximate surface area is 213 Å². The molecule has 0 aromatic heterocycles. The maximum Gasteiger partial charge on any atom is 0.271 e. The molecule has 0 unspecified atom stereocenters. The van der Waals surface area contributed by atoms with E-state index in [1.807, 2.05) is 36.4 Å². The molecular formula is C24H17BrN2O5S2. The van der Waals surface area contributed by atoms with Crippen LogP contribution in [0.2, 0.25) is 0 Å². The van der Waals surface area contributed by atoms with Crippen LogP contribution in [0.3, 0.4) is 0 Å². The SMILES string of the molecule is COc1cc(/C=C2\SC(=S)N(c3cccc([N+](=O)[O-])c3)C2=O)cc(Br)c1OCc1ccccc1. The lowest BCUT2D eigenvalue weighted by atomic mass is 10.1. The van der Waals surface area contributed by atoms with E-state index in [9.17, 15) is 14.9 Å². The summed E-state index contributed by atoms with van der Waals surface area (Å²) in [5.74, 6) is 0.702. The zero-order chi connectivity index (χ0) is 24.2. The number of nitro benzene ring substituents is 1. The van der Waals surface area contributed by atoms with Gasteiger partial charge in [0.1, 0.15) is 6.61 Å². The first-order valence-corrected chi connectivity index (χ1v) is 12.0. The number of carbonyl (C=O) groups is 1. The smallest absolute Gasteiger partial charge is 0.271 e. The van der Waals surface area contributed by atoms with Gasteiger partial charge in [-0.25, -0.2) is 0 Å². The first kappa shape index (κ1) is 23.9. The van der Waals surface area contributed by atoms with Crippen LogP contribution in [0.15, 0.2) is 76.1 Å². The van der Waals surface area contributed by atoms with Gasteiger partial charge in [-0.1, -0.05) is 60.4 Å². The second kappa shape index (κ2) is 10.4. The number of ether oxygens (including phenoxy) is 2. The highest BCUT2D eigenvalue weighted by atomic mass is 79.9. The van der Waals surface area contributed by atoms with Gasteiger partial charge in [-0.05, 0) is 51.3 Å². The highest BCUT2D eigenvalue weighted by Gasteiger charge is 2.34. The highest BCUT2D eigenvalue weighted by Crippen LogP contribution is 2.40. The molecule has 34 heavy (non-hydrogen) atoms. The minimum absolute atomic E-state index is 0.115. The van der Waals surface area contributed by atoms with E-state index in [1.165, 1.54) is 23.1 Å². The van der Waals surface area contributed by atoms with Crippen molar-refractivity contribution in [2.75, 3.05) is 12.0 Å². The van der Waals surface area contributed by atoms with E-state index in [2.05, 4.69) is 15.9 Å². The van der Waals surface area contributed by atoms with Gasteiger partial charge in [0.15, 0.2) is 15.8 Å². The minimum Gasteiger partial charge on any atom is -0.493 e. The molecule has 0 N–H and O–H groups in total. The summed E-state index contributed by atoms with van der Waals surface area (Å²) < 4.78 is 12.4. The van der Waals surface area contributed by atoms with Gasteiger partial charge in [0, 0.05) is 12.1 Å². The van der Waals surface area contributed by atoms with Crippen LogP contribution in [0.4, 0.5) is 11.4 Å². The normalized spacial score (nSPS) is 14.5. The largest absolute Gasteiger partial charge is 0.493 e. The monoisotopic (exact) mass is 556 g/mol. The molecule has 10 heteroatoms. The number of carbonyl (C=O) groups excluding carboxylic acids is 1. The summed E-state index contributed by atoms with van der Waals surface area (Å²) in [5.41, 5.74) is 1.96. The lowest BCUT2D eigenvalue weighted by molar-refractivity contribution is -0.384. The summed E-state index contributed by atoms with van der Waals surface area (Å²) in [4.78, 5) is 25.4. The maximum absolute atomic E-state index is 13.1. The second-order valence-electron chi connectivity index (χ2n) is 7.10. The van der Waals surface area contributed by atoms with E-state index in [0.717, 1.165) is 17.3 Å². The number of nitrogens with zero attached hydrogens (tertiary/aromatic N) is 2. The third-order valence-corrected chi connectivity index (χ3v) is 6.76. The zero-order valence-corrected chi connectivity index (χ0v) is 21.0. The summed E-state index contributed by atoms with van der Waals surface area (Å²) in [7, 11) is 1.54. The molecule has 4 rings (SSSR count). The van der Waals surface area contributed by atoms with Gasteiger partial charge in [-0.15, -0.1) is 0 Å². The van der Waals surface area contributed by atoms with Crippen LogP contribution in [0.5, 0.6) is 11.5 Å². The molecule has 0 atom stereocenters. The fraction of sp³-hybridized carbons (Fsp3) is 0.0833. The Hall–Kier alpha value is -3.21. The molecule has 3 aromatic carbocycles. The highest BCUT2D eigenvalue weighted by molar-refractivity contribution is 9.10. The summed E-state index contributed by atoms with van der Waals surface area (Å²) in [6, 6.07) is 19.2. The predicted molar refractivity (Wildman–Crippen MR) is 140 cm³/mol. The molecule has 3 aromatic rings. The third-order valence-electron chi connectivity index (χ3n) is 4.87. The number of amides is 1. The molecule has 0 radical (unpaired) electrons. The fourth-order valence-electron chi connectivity index (χ4n) is 3.28. The first-order chi connectivity index (χ1) is 16.4. The molecule has 1 amide bonds. The van der Waals surface area contributed by atoms with Crippen molar-refractivity contribution >= 4 is 67.6 Å². The van der Waals surface area contributed by atoms with E-state index in [-0.39, 0.29) is 11.6 Å². The van der Waals surface area contributed by atoms with Gasteiger partial charge >= 0.3 is 0 Å². The Bertz CT molecular complexity index is 1310. The molecule has 172 valence electrons. The standard InChI is InChI=1S/C24H17BrN2O5S2/c1-31-20-11-16(10-19(25)22(20)32-14-15-6-3-2-4-7-15)12-21-23(28)26(24(33)34-21)17-8-5-9-18(13-17)27(29)30/h2-13H,14H2,1H3/b21-12-. The number of nitro groups is 1. The molecule has 7 nitrogen and oxygen atoms in total. The quantitative estimate of drug-likeness (QED) is 0.145.